The lowest BCUT2D eigenvalue weighted by Gasteiger charge is -2.36. The number of hydrogen-bond acceptors (Lipinski definition) is 6. The molecule has 0 saturated carbocycles. The maximum absolute atomic E-state index is 13.4. The van der Waals surface area contributed by atoms with Crippen molar-refractivity contribution in [2.24, 2.45) is 0 Å². The number of furan rings is 1. The van der Waals surface area contributed by atoms with E-state index in [9.17, 15) is 19.8 Å². The molecule has 2 unspecified atom stereocenters. The van der Waals surface area contributed by atoms with Crippen LogP contribution in [0.15, 0.2) is 82.7 Å². The number of nitrogens with zero attached hydrogens (tertiary/aromatic N) is 2. The minimum Gasteiger partial charge on any atom is -0.508 e. The number of rotatable bonds is 9. The third-order valence-corrected chi connectivity index (χ3v) is 6.56. The second-order valence-electron chi connectivity index (χ2n) is 8.67. The molecule has 0 aliphatic carbocycles. The number of aromatic hydroxyl groups is 1. The Morgan fingerprint density at radius 3 is 2.37 bits per heavy atom. The van der Waals surface area contributed by atoms with Gasteiger partial charge in [0.05, 0.1) is 23.9 Å². The van der Waals surface area contributed by atoms with Crippen molar-refractivity contribution in [2.75, 3.05) is 19.6 Å². The van der Waals surface area contributed by atoms with Crippen molar-refractivity contribution in [2.45, 2.75) is 32.9 Å². The largest absolute Gasteiger partial charge is 0.508 e. The summed E-state index contributed by atoms with van der Waals surface area (Å²) in [6.07, 6.45) is 1.37. The number of carbonyl (C=O) groups excluding carboxylic acids is 2. The molecule has 0 spiro atoms. The summed E-state index contributed by atoms with van der Waals surface area (Å²) in [6.45, 7) is 7.89. The molecule has 2 atom stereocenters. The van der Waals surface area contributed by atoms with E-state index in [4.69, 9.17) is 4.42 Å². The van der Waals surface area contributed by atoms with Crippen LogP contribution in [0.2, 0.25) is 0 Å². The van der Waals surface area contributed by atoms with E-state index in [-0.39, 0.29) is 29.7 Å². The standard InChI is InChI=1S/C28H30N2O5/c1-4-29(5-2)22(19-13-11-18(3)12-14-19)17-30-25(20-8-6-9-21(31)16-20)24(27(33)28(30)34)26(32)23-10-7-15-35-23/h6-16,22,25,31,33H,4-5,17H2,1-3H3. The highest BCUT2D eigenvalue weighted by Crippen LogP contribution is 2.41. The van der Waals surface area contributed by atoms with Crippen molar-refractivity contribution >= 4 is 11.7 Å². The summed E-state index contributed by atoms with van der Waals surface area (Å²) >= 11 is 0. The predicted octanol–water partition coefficient (Wildman–Crippen LogP) is 4.96. The molecular weight excluding hydrogens is 444 g/mol. The van der Waals surface area contributed by atoms with Crippen LogP contribution in [0.25, 0.3) is 0 Å². The van der Waals surface area contributed by atoms with Crippen LogP contribution >= 0.6 is 0 Å². The van der Waals surface area contributed by atoms with Gasteiger partial charge in [-0.1, -0.05) is 55.8 Å². The highest BCUT2D eigenvalue weighted by molar-refractivity contribution is 6.15. The van der Waals surface area contributed by atoms with Crippen LogP contribution in [0.5, 0.6) is 5.75 Å². The molecule has 0 bridgehead atoms. The fraction of sp³-hybridized carbons (Fsp3) is 0.286. The topological polar surface area (TPSA) is 94.2 Å². The van der Waals surface area contributed by atoms with E-state index >= 15 is 0 Å². The lowest BCUT2D eigenvalue weighted by Crippen LogP contribution is -2.41. The smallest absolute Gasteiger partial charge is 0.290 e. The fourth-order valence-corrected chi connectivity index (χ4v) is 4.73. The van der Waals surface area contributed by atoms with Crippen molar-refractivity contribution in [3.63, 3.8) is 0 Å². The van der Waals surface area contributed by atoms with Gasteiger partial charge >= 0.3 is 0 Å². The van der Waals surface area contributed by atoms with E-state index in [1.807, 2.05) is 31.2 Å². The average Bonchev–Trinajstić information content (AvgIpc) is 3.47. The third-order valence-electron chi connectivity index (χ3n) is 6.56. The first-order valence-electron chi connectivity index (χ1n) is 11.8. The first-order chi connectivity index (χ1) is 16.8. The number of likely N-dealkylation sites (N-methyl/N-ethyl adjacent to an activating group) is 1. The third kappa shape index (κ3) is 4.72. The number of carbonyl (C=O) groups is 2. The maximum Gasteiger partial charge on any atom is 0.290 e. The normalized spacial score (nSPS) is 16.9. The zero-order valence-corrected chi connectivity index (χ0v) is 20.1. The Morgan fingerprint density at radius 2 is 1.77 bits per heavy atom. The van der Waals surface area contributed by atoms with Gasteiger partial charge in [-0.2, -0.15) is 0 Å². The highest BCUT2D eigenvalue weighted by Gasteiger charge is 2.45. The Bertz CT molecular complexity index is 1230. The molecule has 1 aliphatic heterocycles. The zero-order valence-electron chi connectivity index (χ0n) is 20.1. The van der Waals surface area contributed by atoms with Crippen molar-refractivity contribution in [1.82, 2.24) is 9.80 Å². The van der Waals surface area contributed by atoms with Gasteiger partial charge < -0.3 is 19.5 Å². The molecule has 35 heavy (non-hydrogen) atoms. The van der Waals surface area contributed by atoms with E-state index in [2.05, 4.69) is 18.7 Å². The van der Waals surface area contributed by atoms with Crippen LogP contribution in [0.3, 0.4) is 0 Å². The molecule has 7 heteroatoms. The first-order valence-corrected chi connectivity index (χ1v) is 11.8. The molecule has 7 nitrogen and oxygen atoms in total. The number of aliphatic hydroxyl groups excluding tert-OH is 1. The Labute approximate surface area is 204 Å². The van der Waals surface area contributed by atoms with E-state index in [1.54, 1.807) is 18.2 Å². The van der Waals surface area contributed by atoms with Crippen LogP contribution < -0.4 is 0 Å². The molecule has 182 valence electrons. The van der Waals surface area contributed by atoms with Gasteiger partial charge in [0.1, 0.15) is 5.75 Å². The molecule has 2 N–H and O–H groups in total. The van der Waals surface area contributed by atoms with Crippen molar-refractivity contribution in [1.29, 1.82) is 0 Å². The Balaban J connectivity index is 1.80. The van der Waals surface area contributed by atoms with Gasteiger partial charge in [0.15, 0.2) is 11.5 Å². The molecule has 3 aromatic rings. The molecule has 0 saturated heterocycles. The van der Waals surface area contributed by atoms with Crippen LogP contribution in [-0.2, 0) is 4.79 Å². The van der Waals surface area contributed by atoms with Gasteiger partial charge in [-0.15, -0.1) is 0 Å². The van der Waals surface area contributed by atoms with Gasteiger partial charge in [0.2, 0.25) is 5.78 Å². The molecule has 2 aromatic carbocycles. The SMILES string of the molecule is CCN(CC)C(CN1C(=O)C(O)=C(C(=O)c2ccco2)C1c1cccc(O)c1)c1ccc(C)cc1. The zero-order chi connectivity index (χ0) is 25.1. The summed E-state index contributed by atoms with van der Waals surface area (Å²) in [4.78, 5) is 30.5. The summed E-state index contributed by atoms with van der Waals surface area (Å²) in [5.41, 5.74) is 2.64. The van der Waals surface area contributed by atoms with E-state index in [1.165, 1.54) is 29.4 Å². The quantitative estimate of drug-likeness (QED) is 0.426. The van der Waals surface area contributed by atoms with Gasteiger partial charge in [0.25, 0.3) is 5.91 Å². The number of aryl methyl sites for hydroxylation is 1. The number of hydrogen-bond donors (Lipinski definition) is 2. The molecule has 1 aromatic heterocycles. The first kappa shape index (κ1) is 24.3. The molecule has 4 rings (SSSR count). The maximum atomic E-state index is 13.4. The number of benzene rings is 2. The summed E-state index contributed by atoms with van der Waals surface area (Å²) in [7, 11) is 0. The monoisotopic (exact) mass is 474 g/mol. The van der Waals surface area contributed by atoms with Gasteiger partial charge in [0, 0.05) is 6.54 Å². The number of phenolic OH excluding ortho intramolecular Hbond substituents is 1. The van der Waals surface area contributed by atoms with Gasteiger partial charge in [-0.3, -0.25) is 14.5 Å². The number of amides is 1. The summed E-state index contributed by atoms with van der Waals surface area (Å²) in [5, 5.41) is 21.1. The number of ketones is 1. The van der Waals surface area contributed by atoms with Crippen LogP contribution in [0.1, 0.15) is 53.2 Å². The highest BCUT2D eigenvalue weighted by atomic mass is 16.3. The predicted molar refractivity (Wildman–Crippen MR) is 132 cm³/mol. The molecule has 1 amide bonds. The molecular formula is C28H30N2O5. The minimum atomic E-state index is -0.879. The summed E-state index contributed by atoms with van der Waals surface area (Å²) in [5.74, 6) is -1.75. The Hall–Kier alpha value is -3.84. The second kappa shape index (κ2) is 10.2. The van der Waals surface area contributed by atoms with E-state index in [0.29, 0.717) is 5.56 Å². The fourth-order valence-electron chi connectivity index (χ4n) is 4.73. The Kier molecular flexibility index (Phi) is 7.07. The van der Waals surface area contributed by atoms with Gasteiger partial charge in [-0.05, 0) is 55.4 Å². The second-order valence-corrected chi connectivity index (χ2v) is 8.67. The molecule has 0 radical (unpaired) electrons. The summed E-state index contributed by atoms with van der Waals surface area (Å²) in [6, 6.07) is 16.6. The van der Waals surface area contributed by atoms with Crippen LogP contribution in [0, 0.1) is 6.92 Å². The van der Waals surface area contributed by atoms with Gasteiger partial charge in [-0.25, -0.2) is 0 Å². The molecule has 1 aliphatic rings. The van der Waals surface area contributed by atoms with Crippen LogP contribution in [0.4, 0.5) is 0 Å². The summed E-state index contributed by atoms with van der Waals surface area (Å²) < 4.78 is 5.29. The van der Waals surface area contributed by atoms with Crippen molar-refractivity contribution in [3.8, 4) is 5.75 Å². The lowest BCUT2D eigenvalue weighted by atomic mass is 9.94. The van der Waals surface area contributed by atoms with Crippen LogP contribution in [-0.4, -0.2) is 51.3 Å². The molecule has 0 fully saturated rings. The minimum absolute atomic E-state index is 0.00455. The number of phenols is 1. The van der Waals surface area contributed by atoms with E-state index in [0.717, 1.165) is 24.2 Å². The Morgan fingerprint density at radius 1 is 1.06 bits per heavy atom. The van der Waals surface area contributed by atoms with Crippen molar-refractivity contribution in [3.05, 3.63) is 101 Å². The number of aliphatic hydroxyl groups is 1. The van der Waals surface area contributed by atoms with E-state index < -0.39 is 23.5 Å². The number of Topliss-reactive ketones (excluding diaryl/α,β-unsaturated/α-hetero) is 1. The molecule has 2 heterocycles. The lowest BCUT2D eigenvalue weighted by molar-refractivity contribution is -0.130. The van der Waals surface area contributed by atoms with Crippen molar-refractivity contribution < 1.29 is 24.2 Å². The average molecular weight is 475 g/mol.